The average Bonchev–Trinajstić information content (AvgIpc) is 3.02. The van der Waals surface area contributed by atoms with Crippen LogP contribution in [0.15, 0.2) is 78.9 Å². The molecule has 1 aliphatic carbocycles. The molecule has 1 N–H and O–H groups in total. The van der Waals surface area contributed by atoms with E-state index < -0.39 is 0 Å². The molecule has 1 nitrogen and oxygen atoms in total. The number of hydrogen-bond acceptors (Lipinski definition) is 1. The SMILES string of the molecule is C1=C(c2ccccc2)Cc2c1cccc2Nc1ccccc1. The van der Waals surface area contributed by atoms with Crippen LogP contribution in [0.4, 0.5) is 11.4 Å². The summed E-state index contributed by atoms with van der Waals surface area (Å²) in [7, 11) is 0. The molecule has 106 valence electrons. The second-order valence-electron chi connectivity index (χ2n) is 5.58. The predicted octanol–water partition coefficient (Wildman–Crippen LogP) is 5.53. The van der Waals surface area contributed by atoms with E-state index in [-0.39, 0.29) is 0 Å². The lowest BCUT2D eigenvalue weighted by Gasteiger charge is -2.11. The van der Waals surface area contributed by atoms with Gasteiger partial charge in [-0.1, -0.05) is 66.7 Å². The summed E-state index contributed by atoms with van der Waals surface area (Å²) in [4.78, 5) is 0. The Morgan fingerprint density at radius 2 is 1.41 bits per heavy atom. The highest BCUT2D eigenvalue weighted by Crippen LogP contribution is 2.36. The number of hydrogen-bond donors (Lipinski definition) is 1. The van der Waals surface area contributed by atoms with Crippen LogP contribution in [0.25, 0.3) is 11.6 Å². The Bertz CT molecular complexity index is 817. The van der Waals surface area contributed by atoms with Gasteiger partial charge in [-0.2, -0.15) is 0 Å². The minimum Gasteiger partial charge on any atom is -0.355 e. The van der Waals surface area contributed by atoms with Gasteiger partial charge in [-0.25, -0.2) is 0 Å². The third-order valence-electron chi connectivity index (χ3n) is 4.11. The van der Waals surface area contributed by atoms with E-state index in [1.807, 2.05) is 6.07 Å². The molecule has 0 aliphatic heterocycles. The molecule has 0 fully saturated rings. The number of anilines is 2. The summed E-state index contributed by atoms with van der Waals surface area (Å²) in [5.41, 5.74) is 7.72. The van der Waals surface area contributed by atoms with Crippen LogP contribution in [-0.4, -0.2) is 0 Å². The van der Waals surface area contributed by atoms with Gasteiger partial charge in [-0.15, -0.1) is 0 Å². The van der Waals surface area contributed by atoms with Crippen LogP contribution in [0.1, 0.15) is 16.7 Å². The van der Waals surface area contributed by atoms with E-state index in [2.05, 4.69) is 84.2 Å². The molecule has 22 heavy (non-hydrogen) atoms. The Balaban J connectivity index is 1.66. The molecule has 0 unspecified atom stereocenters. The smallest absolute Gasteiger partial charge is 0.0426 e. The lowest BCUT2D eigenvalue weighted by molar-refractivity contribution is 1.31. The number of fused-ring (bicyclic) bond motifs is 1. The zero-order valence-electron chi connectivity index (χ0n) is 12.3. The number of rotatable bonds is 3. The Morgan fingerprint density at radius 3 is 2.18 bits per heavy atom. The average molecular weight is 283 g/mol. The first-order valence-electron chi connectivity index (χ1n) is 7.60. The van der Waals surface area contributed by atoms with Gasteiger partial charge in [0.05, 0.1) is 0 Å². The van der Waals surface area contributed by atoms with Crippen molar-refractivity contribution in [3.63, 3.8) is 0 Å². The highest BCUT2D eigenvalue weighted by atomic mass is 14.9. The molecule has 0 atom stereocenters. The van der Waals surface area contributed by atoms with Crippen molar-refractivity contribution in [1.82, 2.24) is 0 Å². The van der Waals surface area contributed by atoms with Gasteiger partial charge in [0.2, 0.25) is 0 Å². The first-order chi connectivity index (χ1) is 10.9. The summed E-state index contributed by atoms with van der Waals surface area (Å²) in [6.45, 7) is 0. The first kappa shape index (κ1) is 12.9. The largest absolute Gasteiger partial charge is 0.355 e. The number of allylic oxidation sites excluding steroid dienone is 1. The van der Waals surface area contributed by atoms with Gasteiger partial charge in [-0.3, -0.25) is 0 Å². The van der Waals surface area contributed by atoms with Crippen molar-refractivity contribution >= 4 is 23.0 Å². The molecular weight excluding hydrogens is 266 g/mol. The van der Waals surface area contributed by atoms with E-state index in [9.17, 15) is 0 Å². The van der Waals surface area contributed by atoms with Gasteiger partial charge in [0.15, 0.2) is 0 Å². The van der Waals surface area contributed by atoms with Crippen LogP contribution in [0, 0.1) is 0 Å². The van der Waals surface area contributed by atoms with Crippen LogP contribution in [-0.2, 0) is 6.42 Å². The minimum atomic E-state index is 0.982. The standard InChI is InChI=1S/C21H17N/c1-3-8-16(9-4-1)18-14-17-10-7-13-21(20(17)15-18)22-19-11-5-2-6-12-19/h1-14,22H,15H2. The molecule has 4 rings (SSSR count). The first-order valence-corrected chi connectivity index (χ1v) is 7.60. The maximum atomic E-state index is 3.54. The highest BCUT2D eigenvalue weighted by molar-refractivity contribution is 5.91. The van der Waals surface area contributed by atoms with Gasteiger partial charge in [0.25, 0.3) is 0 Å². The van der Waals surface area contributed by atoms with E-state index in [0.29, 0.717) is 0 Å². The van der Waals surface area contributed by atoms with Crippen molar-refractivity contribution < 1.29 is 0 Å². The molecule has 1 heteroatoms. The summed E-state index contributed by atoms with van der Waals surface area (Å²) in [6.07, 6.45) is 3.29. The zero-order chi connectivity index (χ0) is 14.8. The van der Waals surface area contributed by atoms with Crippen LogP contribution in [0.2, 0.25) is 0 Å². The molecule has 0 aromatic heterocycles. The molecule has 0 saturated heterocycles. The number of para-hydroxylation sites is 1. The third-order valence-corrected chi connectivity index (χ3v) is 4.11. The Labute approximate surface area is 130 Å². The van der Waals surface area contributed by atoms with Crippen molar-refractivity contribution in [3.8, 4) is 0 Å². The summed E-state index contributed by atoms with van der Waals surface area (Å²) >= 11 is 0. The van der Waals surface area contributed by atoms with Gasteiger partial charge in [0, 0.05) is 17.8 Å². The number of benzene rings is 3. The molecule has 3 aromatic carbocycles. The summed E-state index contributed by atoms with van der Waals surface area (Å²) < 4.78 is 0. The molecule has 0 bridgehead atoms. The van der Waals surface area contributed by atoms with E-state index in [4.69, 9.17) is 0 Å². The fraction of sp³-hybridized carbons (Fsp3) is 0.0476. The molecular formula is C21H17N. The Morgan fingerprint density at radius 1 is 0.682 bits per heavy atom. The fourth-order valence-electron chi connectivity index (χ4n) is 3.00. The lowest BCUT2D eigenvalue weighted by atomic mass is 10.0. The summed E-state index contributed by atoms with van der Waals surface area (Å²) in [6, 6.07) is 27.4. The molecule has 1 aliphatic rings. The quantitative estimate of drug-likeness (QED) is 0.666. The molecule has 0 amide bonds. The van der Waals surface area contributed by atoms with Crippen molar-refractivity contribution in [2.75, 3.05) is 5.32 Å². The van der Waals surface area contributed by atoms with E-state index >= 15 is 0 Å². The van der Waals surface area contributed by atoms with E-state index in [1.165, 1.54) is 28.0 Å². The maximum Gasteiger partial charge on any atom is 0.0426 e. The molecule has 0 radical (unpaired) electrons. The topological polar surface area (TPSA) is 12.0 Å². The van der Waals surface area contributed by atoms with Gasteiger partial charge in [0.1, 0.15) is 0 Å². The van der Waals surface area contributed by atoms with Crippen LogP contribution in [0.3, 0.4) is 0 Å². The van der Waals surface area contributed by atoms with Crippen molar-refractivity contribution in [1.29, 1.82) is 0 Å². The molecule has 3 aromatic rings. The highest BCUT2D eigenvalue weighted by Gasteiger charge is 2.17. The Hall–Kier alpha value is -2.80. The zero-order valence-corrected chi connectivity index (χ0v) is 12.3. The van der Waals surface area contributed by atoms with Gasteiger partial charge in [-0.05, 0) is 40.5 Å². The minimum absolute atomic E-state index is 0.982. The van der Waals surface area contributed by atoms with Gasteiger partial charge >= 0.3 is 0 Å². The second kappa shape index (κ2) is 5.53. The fourth-order valence-corrected chi connectivity index (χ4v) is 3.00. The van der Waals surface area contributed by atoms with Crippen LogP contribution in [0.5, 0.6) is 0 Å². The van der Waals surface area contributed by atoms with Crippen molar-refractivity contribution in [2.45, 2.75) is 6.42 Å². The van der Waals surface area contributed by atoms with E-state index in [1.54, 1.807) is 0 Å². The summed E-state index contributed by atoms with van der Waals surface area (Å²) in [5, 5.41) is 3.54. The van der Waals surface area contributed by atoms with Crippen molar-refractivity contribution in [3.05, 3.63) is 95.6 Å². The lowest BCUT2D eigenvalue weighted by Crippen LogP contribution is -1.96. The van der Waals surface area contributed by atoms with Crippen molar-refractivity contribution in [2.24, 2.45) is 0 Å². The molecule has 0 heterocycles. The summed E-state index contributed by atoms with van der Waals surface area (Å²) in [5.74, 6) is 0. The second-order valence-corrected chi connectivity index (χ2v) is 5.58. The van der Waals surface area contributed by atoms with Crippen LogP contribution >= 0.6 is 0 Å². The molecule has 0 saturated carbocycles. The van der Waals surface area contributed by atoms with Crippen LogP contribution < -0.4 is 5.32 Å². The van der Waals surface area contributed by atoms with E-state index in [0.717, 1.165) is 12.1 Å². The third kappa shape index (κ3) is 2.42. The number of nitrogens with one attached hydrogen (secondary N) is 1. The monoisotopic (exact) mass is 283 g/mol. The predicted molar refractivity (Wildman–Crippen MR) is 94.2 cm³/mol. The normalized spacial score (nSPS) is 12.6. The Kier molecular flexibility index (Phi) is 3.24. The molecule has 0 spiro atoms. The maximum absolute atomic E-state index is 3.54. The van der Waals surface area contributed by atoms with Gasteiger partial charge < -0.3 is 5.32 Å².